The molecule has 0 aliphatic carbocycles. The minimum absolute atomic E-state index is 0.227. The third kappa shape index (κ3) is 3.46. The highest BCUT2D eigenvalue weighted by Gasteiger charge is 2.24. The van der Waals surface area contributed by atoms with Gasteiger partial charge >= 0.3 is 0 Å². The lowest BCUT2D eigenvalue weighted by Crippen LogP contribution is -2.47. The molecule has 17 heavy (non-hydrogen) atoms. The summed E-state index contributed by atoms with van der Waals surface area (Å²) in [7, 11) is 1.87. The van der Waals surface area contributed by atoms with Crippen LogP contribution in [0.2, 0.25) is 0 Å². The number of hydrogen-bond donors (Lipinski definition) is 0. The van der Waals surface area contributed by atoms with Crippen molar-refractivity contribution in [2.75, 3.05) is 26.2 Å². The Morgan fingerprint density at radius 2 is 2.18 bits per heavy atom. The predicted molar refractivity (Wildman–Crippen MR) is 70.3 cm³/mol. The molecule has 0 amide bonds. The van der Waals surface area contributed by atoms with Crippen molar-refractivity contribution < 1.29 is 9.13 Å². The van der Waals surface area contributed by atoms with Gasteiger partial charge in [0.2, 0.25) is 0 Å². The average molecular weight is 235 g/mol. The molecule has 4 heteroatoms. The summed E-state index contributed by atoms with van der Waals surface area (Å²) in [6, 6.07) is 4.82. The minimum Gasteiger partial charge on any atom is -0.492 e. The summed E-state index contributed by atoms with van der Waals surface area (Å²) in [5.41, 5.74) is 0.898. The first-order valence-corrected chi connectivity index (χ1v) is 6.29. The Kier molecular flexibility index (Phi) is 4.05. The van der Waals surface area contributed by atoms with Crippen molar-refractivity contribution in [2.24, 2.45) is 5.92 Å². The monoisotopic (exact) mass is 235 g/mol. The first-order chi connectivity index (χ1) is 8.17. The zero-order valence-electron chi connectivity index (χ0n) is 10.6. The molecule has 0 radical (unpaired) electrons. The van der Waals surface area contributed by atoms with Crippen LogP contribution < -0.4 is 10.2 Å². The Morgan fingerprint density at radius 3 is 2.82 bits per heavy atom. The number of ether oxygens (including phenoxy) is 1. The lowest BCUT2D eigenvalue weighted by Gasteiger charge is -2.38. The topological polar surface area (TPSA) is 12.5 Å². The summed E-state index contributed by atoms with van der Waals surface area (Å²) >= 11 is 0. The van der Waals surface area contributed by atoms with E-state index >= 15 is 0 Å². The van der Waals surface area contributed by atoms with Gasteiger partial charge in [0.1, 0.15) is 26.0 Å². The Hall–Kier alpha value is -1.03. The standard InChI is InChI=1S/C13H19BFNO/c1-2-10-8-16(9-10)3-4-17-13-6-11(14)5-12(15)7-13/h5-7,10H,2-4,8-9,14H2,1H3. The zero-order valence-corrected chi connectivity index (χ0v) is 10.6. The van der Waals surface area contributed by atoms with Crippen LogP contribution in [0.1, 0.15) is 13.3 Å². The number of likely N-dealkylation sites (tertiary alicyclic amines) is 1. The summed E-state index contributed by atoms with van der Waals surface area (Å²) in [5, 5.41) is 0. The molecule has 0 atom stereocenters. The van der Waals surface area contributed by atoms with Crippen molar-refractivity contribution in [3.05, 3.63) is 24.0 Å². The van der Waals surface area contributed by atoms with Crippen LogP contribution in [0, 0.1) is 11.7 Å². The molecule has 0 aromatic heterocycles. The molecule has 92 valence electrons. The van der Waals surface area contributed by atoms with Gasteiger partial charge in [-0.3, -0.25) is 4.90 Å². The third-order valence-electron chi connectivity index (χ3n) is 3.30. The number of rotatable bonds is 5. The molecular formula is C13H19BFNO. The van der Waals surface area contributed by atoms with Gasteiger partial charge in [0, 0.05) is 25.7 Å². The fourth-order valence-electron chi connectivity index (χ4n) is 2.20. The fourth-order valence-corrected chi connectivity index (χ4v) is 2.20. The highest BCUT2D eigenvalue weighted by atomic mass is 19.1. The fraction of sp³-hybridized carbons (Fsp3) is 0.538. The van der Waals surface area contributed by atoms with E-state index in [1.165, 1.54) is 31.6 Å². The predicted octanol–water partition coefficient (Wildman–Crippen LogP) is 0.805. The van der Waals surface area contributed by atoms with E-state index < -0.39 is 0 Å². The van der Waals surface area contributed by atoms with Crippen LogP contribution in [0.25, 0.3) is 0 Å². The summed E-state index contributed by atoms with van der Waals surface area (Å²) in [6.07, 6.45) is 1.26. The van der Waals surface area contributed by atoms with Crippen molar-refractivity contribution in [1.82, 2.24) is 4.90 Å². The second kappa shape index (κ2) is 5.54. The molecule has 0 saturated carbocycles. The SMILES string of the molecule is Bc1cc(F)cc(OCCN2CC(CC)C2)c1. The molecule has 0 unspecified atom stereocenters. The van der Waals surface area contributed by atoms with Crippen molar-refractivity contribution in [3.63, 3.8) is 0 Å². The van der Waals surface area contributed by atoms with Crippen molar-refractivity contribution in [1.29, 1.82) is 0 Å². The van der Waals surface area contributed by atoms with Gasteiger partial charge in [0.15, 0.2) is 0 Å². The summed E-state index contributed by atoms with van der Waals surface area (Å²) < 4.78 is 18.7. The first-order valence-electron chi connectivity index (χ1n) is 6.29. The molecule has 2 rings (SSSR count). The van der Waals surface area contributed by atoms with Gasteiger partial charge < -0.3 is 4.74 Å². The van der Waals surface area contributed by atoms with Crippen molar-refractivity contribution in [3.8, 4) is 5.75 Å². The molecule has 2 nitrogen and oxygen atoms in total. The number of benzene rings is 1. The molecular weight excluding hydrogens is 216 g/mol. The Morgan fingerprint density at radius 1 is 1.41 bits per heavy atom. The summed E-state index contributed by atoms with van der Waals surface area (Å²) in [6.45, 7) is 6.17. The van der Waals surface area contributed by atoms with Gasteiger partial charge in [0.25, 0.3) is 0 Å². The molecule has 1 saturated heterocycles. The lowest BCUT2D eigenvalue weighted by molar-refractivity contribution is 0.0805. The van der Waals surface area contributed by atoms with Gasteiger partial charge in [-0.05, 0) is 18.1 Å². The van der Waals surface area contributed by atoms with E-state index in [1.807, 2.05) is 13.9 Å². The summed E-state index contributed by atoms with van der Waals surface area (Å²) in [4.78, 5) is 2.38. The molecule has 1 heterocycles. The van der Waals surface area contributed by atoms with E-state index in [2.05, 4.69) is 11.8 Å². The molecule has 1 aromatic rings. The van der Waals surface area contributed by atoms with E-state index in [0.29, 0.717) is 12.4 Å². The van der Waals surface area contributed by atoms with Gasteiger partial charge in [-0.25, -0.2) is 4.39 Å². The average Bonchev–Trinajstić information content (AvgIpc) is 2.20. The molecule has 1 fully saturated rings. The van der Waals surface area contributed by atoms with Crippen LogP contribution in [-0.4, -0.2) is 39.0 Å². The van der Waals surface area contributed by atoms with E-state index in [9.17, 15) is 4.39 Å². The van der Waals surface area contributed by atoms with Gasteiger partial charge in [-0.2, -0.15) is 0 Å². The maximum absolute atomic E-state index is 13.1. The Balaban J connectivity index is 1.71. The van der Waals surface area contributed by atoms with Crippen LogP contribution in [0.5, 0.6) is 5.75 Å². The largest absolute Gasteiger partial charge is 0.492 e. The molecule has 1 aromatic carbocycles. The van der Waals surface area contributed by atoms with Crippen LogP contribution in [0.3, 0.4) is 0 Å². The smallest absolute Gasteiger partial charge is 0.139 e. The normalized spacial score (nSPS) is 16.8. The van der Waals surface area contributed by atoms with E-state index in [0.717, 1.165) is 17.9 Å². The maximum atomic E-state index is 13.1. The van der Waals surface area contributed by atoms with E-state index in [4.69, 9.17) is 4.74 Å². The zero-order chi connectivity index (χ0) is 12.3. The van der Waals surface area contributed by atoms with Crippen molar-refractivity contribution >= 4 is 13.3 Å². The number of nitrogens with zero attached hydrogens (tertiary/aromatic N) is 1. The molecule has 0 N–H and O–H groups in total. The van der Waals surface area contributed by atoms with Crippen molar-refractivity contribution in [2.45, 2.75) is 13.3 Å². The van der Waals surface area contributed by atoms with Gasteiger partial charge in [-0.15, -0.1) is 0 Å². The Labute approximate surface area is 103 Å². The minimum atomic E-state index is -0.227. The Bertz CT molecular complexity index is 359. The molecule has 0 bridgehead atoms. The second-order valence-electron chi connectivity index (χ2n) is 4.85. The van der Waals surface area contributed by atoms with Crippen LogP contribution in [-0.2, 0) is 0 Å². The molecule has 1 aliphatic heterocycles. The lowest BCUT2D eigenvalue weighted by atomic mass is 9.96. The molecule has 0 spiro atoms. The first kappa shape index (κ1) is 12.4. The quantitative estimate of drug-likeness (QED) is 0.700. The van der Waals surface area contributed by atoms with Gasteiger partial charge in [0.05, 0.1) is 0 Å². The van der Waals surface area contributed by atoms with E-state index in [-0.39, 0.29) is 5.82 Å². The second-order valence-corrected chi connectivity index (χ2v) is 4.85. The third-order valence-corrected chi connectivity index (χ3v) is 3.30. The summed E-state index contributed by atoms with van der Waals surface area (Å²) in [5.74, 6) is 1.27. The maximum Gasteiger partial charge on any atom is 0.139 e. The van der Waals surface area contributed by atoms with Gasteiger partial charge in [-0.1, -0.05) is 18.8 Å². The highest BCUT2D eigenvalue weighted by molar-refractivity contribution is 6.32. The van der Waals surface area contributed by atoms with Crippen LogP contribution in [0.15, 0.2) is 18.2 Å². The number of halogens is 1. The highest BCUT2D eigenvalue weighted by Crippen LogP contribution is 2.18. The van der Waals surface area contributed by atoms with Crippen LogP contribution in [0.4, 0.5) is 4.39 Å². The van der Waals surface area contributed by atoms with E-state index in [1.54, 1.807) is 0 Å². The number of hydrogen-bond acceptors (Lipinski definition) is 2. The van der Waals surface area contributed by atoms with Crippen LogP contribution >= 0.6 is 0 Å². The molecule has 1 aliphatic rings.